The van der Waals surface area contributed by atoms with Crippen molar-refractivity contribution in [2.75, 3.05) is 17.2 Å². The second-order valence-corrected chi connectivity index (χ2v) is 7.61. The number of hydrogen-bond acceptors (Lipinski definition) is 5. The lowest BCUT2D eigenvalue weighted by Gasteiger charge is -2.16. The monoisotopic (exact) mass is 419 g/mol. The molecule has 2 aromatic heterocycles. The highest BCUT2D eigenvalue weighted by Gasteiger charge is 2.20. The van der Waals surface area contributed by atoms with Crippen LogP contribution in [0.1, 0.15) is 28.3 Å². The van der Waals surface area contributed by atoms with Gasteiger partial charge in [-0.05, 0) is 48.2 Å². The van der Waals surface area contributed by atoms with Crippen LogP contribution < -0.4 is 16.4 Å². The van der Waals surface area contributed by atoms with Crippen molar-refractivity contribution in [1.29, 1.82) is 0 Å². The van der Waals surface area contributed by atoms with Crippen LogP contribution in [0.2, 0.25) is 0 Å². The summed E-state index contributed by atoms with van der Waals surface area (Å²) in [6.07, 6.45) is 0.547. The lowest BCUT2D eigenvalue weighted by Crippen LogP contribution is -2.23. The molecule has 0 saturated carbocycles. The third kappa shape index (κ3) is 4.24. The molecule has 4 aromatic rings. The molecule has 1 atom stereocenters. The van der Waals surface area contributed by atoms with E-state index >= 15 is 0 Å². The summed E-state index contributed by atoms with van der Waals surface area (Å²) in [7, 11) is 0. The number of fused-ring (bicyclic) bond motifs is 1. The molecule has 0 aliphatic rings. The van der Waals surface area contributed by atoms with Gasteiger partial charge in [-0.15, -0.1) is 0 Å². The molecule has 2 heterocycles. The zero-order chi connectivity index (χ0) is 20.9. The van der Waals surface area contributed by atoms with Gasteiger partial charge in [0.1, 0.15) is 0 Å². The standard InChI is InChI=1S/C22H21N5O2S/c23-10-8-17(14-4-2-1-3-5-14)22(29)24-16-6-7-19-18(12-16)20(27-26-19)25-21(28)15-9-11-30-13-15/h1-7,9,11-13,17H,8,10,23H2,(H,24,29)(H2,25,26,27,28). The number of amides is 2. The maximum Gasteiger partial charge on any atom is 0.257 e. The second-order valence-electron chi connectivity index (χ2n) is 6.83. The van der Waals surface area contributed by atoms with Crippen LogP contribution in [-0.2, 0) is 4.79 Å². The zero-order valence-corrected chi connectivity index (χ0v) is 16.9. The summed E-state index contributed by atoms with van der Waals surface area (Å²) in [6, 6.07) is 16.8. The molecule has 1 unspecified atom stereocenters. The Morgan fingerprint density at radius 2 is 1.93 bits per heavy atom. The van der Waals surface area contributed by atoms with Crippen LogP contribution in [0.5, 0.6) is 0 Å². The molecule has 30 heavy (non-hydrogen) atoms. The summed E-state index contributed by atoms with van der Waals surface area (Å²) in [5.41, 5.74) is 8.62. The van der Waals surface area contributed by atoms with E-state index in [0.29, 0.717) is 35.4 Å². The van der Waals surface area contributed by atoms with E-state index in [-0.39, 0.29) is 17.7 Å². The highest BCUT2D eigenvalue weighted by molar-refractivity contribution is 7.08. The van der Waals surface area contributed by atoms with Crippen molar-refractivity contribution in [3.05, 3.63) is 76.5 Å². The number of anilines is 2. The summed E-state index contributed by atoms with van der Waals surface area (Å²) in [4.78, 5) is 25.3. The van der Waals surface area contributed by atoms with Crippen LogP contribution in [0.4, 0.5) is 11.5 Å². The van der Waals surface area contributed by atoms with Crippen molar-refractivity contribution in [2.45, 2.75) is 12.3 Å². The Morgan fingerprint density at radius 1 is 1.10 bits per heavy atom. The van der Waals surface area contributed by atoms with Crippen molar-refractivity contribution in [3.8, 4) is 0 Å². The first-order chi connectivity index (χ1) is 14.7. The Kier molecular flexibility index (Phi) is 5.87. The summed E-state index contributed by atoms with van der Waals surface area (Å²) in [5, 5.41) is 17.2. The van der Waals surface area contributed by atoms with Gasteiger partial charge in [-0.25, -0.2) is 0 Å². The molecule has 4 rings (SSSR count). The molecular weight excluding hydrogens is 398 g/mol. The molecule has 0 fully saturated rings. The molecule has 7 nitrogen and oxygen atoms in total. The van der Waals surface area contributed by atoms with Crippen molar-refractivity contribution < 1.29 is 9.59 Å². The molecule has 8 heteroatoms. The lowest BCUT2D eigenvalue weighted by atomic mass is 9.94. The Bertz CT molecular complexity index is 1150. The Labute approximate surface area is 177 Å². The highest BCUT2D eigenvalue weighted by atomic mass is 32.1. The maximum absolute atomic E-state index is 12.9. The molecule has 0 spiro atoms. The molecule has 5 N–H and O–H groups in total. The number of H-pyrrole nitrogens is 1. The fraction of sp³-hybridized carbons (Fsp3) is 0.136. The van der Waals surface area contributed by atoms with Gasteiger partial charge in [0.25, 0.3) is 5.91 Å². The third-order valence-electron chi connectivity index (χ3n) is 4.82. The highest BCUT2D eigenvalue weighted by Crippen LogP contribution is 2.27. The number of carbonyl (C=O) groups excluding carboxylic acids is 2. The Morgan fingerprint density at radius 3 is 2.67 bits per heavy atom. The lowest BCUT2D eigenvalue weighted by molar-refractivity contribution is -0.117. The van der Waals surface area contributed by atoms with Crippen molar-refractivity contribution in [2.24, 2.45) is 5.73 Å². The van der Waals surface area contributed by atoms with E-state index in [1.807, 2.05) is 41.8 Å². The average Bonchev–Trinajstić information content (AvgIpc) is 3.43. The molecule has 0 saturated heterocycles. The minimum atomic E-state index is -0.339. The summed E-state index contributed by atoms with van der Waals surface area (Å²) in [6.45, 7) is 0.409. The number of rotatable bonds is 7. The van der Waals surface area contributed by atoms with Crippen LogP contribution in [0.15, 0.2) is 65.4 Å². The van der Waals surface area contributed by atoms with E-state index in [2.05, 4.69) is 20.8 Å². The number of hydrogen-bond donors (Lipinski definition) is 4. The molecule has 0 bridgehead atoms. The number of nitrogens with two attached hydrogens (primary N) is 1. The van der Waals surface area contributed by atoms with Gasteiger partial charge >= 0.3 is 0 Å². The second kappa shape index (κ2) is 8.89. The molecule has 152 valence electrons. The van der Waals surface area contributed by atoms with Gasteiger partial charge in [0.05, 0.1) is 17.0 Å². The molecule has 2 amide bonds. The summed E-state index contributed by atoms with van der Waals surface area (Å²) >= 11 is 1.45. The average molecular weight is 420 g/mol. The quantitative estimate of drug-likeness (QED) is 0.363. The smallest absolute Gasteiger partial charge is 0.257 e. The van der Waals surface area contributed by atoms with E-state index in [0.717, 1.165) is 11.1 Å². The zero-order valence-electron chi connectivity index (χ0n) is 16.1. The van der Waals surface area contributed by atoms with Gasteiger partial charge in [0, 0.05) is 16.5 Å². The van der Waals surface area contributed by atoms with Crippen LogP contribution in [-0.4, -0.2) is 28.6 Å². The van der Waals surface area contributed by atoms with Gasteiger partial charge in [0.2, 0.25) is 5.91 Å². The van der Waals surface area contributed by atoms with Crippen molar-refractivity contribution in [3.63, 3.8) is 0 Å². The first-order valence-electron chi connectivity index (χ1n) is 9.53. The molecule has 0 aliphatic carbocycles. The number of aromatic nitrogens is 2. The predicted octanol–water partition coefficient (Wildman–Crippen LogP) is 3.95. The van der Waals surface area contributed by atoms with Crippen molar-refractivity contribution in [1.82, 2.24) is 10.2 Å². The third-order valence-corrected chi connectivity index (χ3v) is 5.50. The van der Waals surface area contributed by atoms with E-state index in [9.17, 15) is 9.59 Å². The van der Waals surface area contributed by atoms with Gasteiger partial charge < -0.3 is 16.4 Å². The van der Waals surface area contributed by atoms with E-state index in [4.69, 9.17) is 5.73 Å². The van der Waals surface area contributed by atoms with E-state index < -0.39 is 0 Å². The van der Waals surface area contributed by atoms with Crippen LogP contribution in [0.25, 0.3) is 10.9 Å². The van der Waals surface area contributed by atoms with Gasteiger partial charge in [-0.1, -0.05) is 30.3 Å². The predicted molar refractivity (Wildman–Crippen MR) is 120 cm³/mol. The van der Waals surface area contributed by atoms with Crippen LogP contribution in [0.3, 0.4) is 0 Å². The normalized spacial score (nSPS) is 11.9. The Balaban J connectivity index is 1.55. The fourth-order valence-electron chi connectivity index (χ4n) is 3.29. The number of benzene rings is 2. The molecule has 0 aliphatic heterocycles. The van der Waals surface area contributed by atoms with Crippen LogP contribution >= 0.6 is 11.3 Å². The van der Waals surface area contributed by atoms with Crippen LogP contribution in [0, 0.1) is 0 Å². The minimum absolute atomic E-state index is 0.127. The molecule has 2 aromatic carbocycles. The summed E-state index contributed by atoms with van der Waals surface area (Å²) in [5.74, 6) is -0.280. The number of nitrogens with zero attached hydrogens (tertiary/aromatic N) is 1. The van der Waals surface area contributed by atoms with Crippen molar-refractivity contribution >= 4 is 45.6 Å². The van der Waals surface area contributed by atoms with Gasteiger partial charge in [-0.3, -0.25) is 14.7 Å². The van der Waals surface area contributed by atoms with E-state index in [1.165, 1.54) is 11.3 Å². The summed E-state index contributed by atoms with van der Waals surface area (Å²) < 4.78 is 0. The largest absolute Gasteiger partial charge is 0.330 e. The maximum atomic E-state index is 12.9. The SMILES string of the molecule is NCCC(C(=O)Nc1ccc2[nH]nc(NC(=O)c3ccsc3)c2c1)c1ccccc1. The number of thiophene rings is 1. The minimum Gasteiger partial charge on any atom is -0.330 e. The first kappa shape index (κ1) is 19.8. The topological polar surface area (TPSA) is 113 Å². The number of carbonyl (C=O) groups is 2. The number of aromatic amines is 1. The Hall–Kier alpha value is -3.49. The van der Waals surface area contributed by atoms with E-state index in [1.54, 1.807) is 23.6 Å². The van der Waals surface area contributed by atoms with Gasteiger partial charge in [-0.2, -0.15) is 16.4 Å². The molecular formula is C22H21N5O2S. The van der Waals surface area contributed by atoms with Gasteiger partial charge in [0.15, 0.2) is 5.82 Å². The fourth-order valence-corrected chi connectivity index (χ4v) is 3.93. The number of nitrogens with one attached hydrogen (secondary N) is 3. The first-order valence-corrected chi connectivity index (χ1v) is 10.5. The molecule has 0 radical (unpaired) electrons.